The highest BCUT2D eigenvalue weighted by atomic mass is 16.5. The molecular weight excluding hydrogens is 390 g/mol. The Bertz CT molecular complexity index is 887. The summed E-state index contributed by atoms with van der Waals surface area (Å²) in [5.41, 5.74) is 8.72. The molecule has 2 saturated carbocycles. The fraction of sp³-hybridized carbons (Fsp3) is 0.600. The second-order valence-corrected chi connectivity index (χ2v) is 9.18. The number of benzene rings is 1. The number of anilines is 1. The Balaban J connectivity index is 1.22. The summed E-state index contributed by atoms with van der Waals surface area (Å²) in [6.07, 6.45) is 10.2. The van der Waals surface area contributed by atoms with E-state index in [1.807, 2.05) is 31.2 Å². The van der Waals surface area contributed by atoms with Crippen molar-refractivity contribution in [3.8, 4) is 5.75 Å². The number of hydrogen-bond acceptors (Lipinski definition) is 5. The number of nitrogens with two attached hydrogens (primary N) is 1. The standard InChI is InChI=1S/C25H35N3O3/c1-17-14-21(26)25-22(27-17)8-5-9-23(25)31-20-12-10-19(11-13-20)28-24(29)16-30-15-18-6-3-2-4-7-18/h5,8-9,14,18-20H,2-4,6-7,10-13,15-16H2,1H3,(H2,26,27)(H,28,29)/t19-,20-. The highest BCUT2D eigenvalue weighted by Crippen LogP contribution is 2.33. The van der Waals surface area contributed by atoms with Crippen LogP contribution in [0.25, 0.3) is 10.9 Å². The number of nitrogens with one attached hydrogen (secondary N) is 1. The number of nitrogen functional groups attached to an aromatic ring is 1. The predicted octanol–water partition coefficient (Wildman–Crippen LogP) is 4.53. The van der Waals surface area contributed by atoms with E-state index < -0.39 is 0 Å². The highest BCUT2D eigenvalue weighted by Gasteiger charge is 2.24. The van der Waals surface area contributed by atoms with Gasteiger partial charge >= 0.3 is 0 Å². The van der Waals surface area contributed by atoms with Gasteiger partial charge in [-0.3, -0.25) is 9.78 Å². The molecule has 0 aliphatic heterocycles. The summed E-state index contributed by atoms with van der Waals surface area (Å²) in [4.78, 5) is 16.8. The van der Waals surface area contributed by atoms with E-state index in [0.717, 1.165) is 54.6 Å². The van der Waals surface area contributed by atoms with Crippen LogP contribution in [-0.2, 0) is 9.53 Å². The summed E-state index contributed by atoms with van der Waals surface area (Å²) < 4.78 is 12.0. The van der Waals surface area contributed by atoms with Gasteiger partial charge in [0, 0.05) is 17.4 Å². The second-order valence-electron chi connectivity index (χ2n) is 9.18. The molecule has 31 heavy (non-hydrogen) atoms. The van der Waals surface area contributed by atoms with Gasteiger partial charge in [-0.15, -0.1) is 0 Å². The fourth-order valence-electron chi connectivity index (χ4n) is 4.97. The fourth-order valence-corrected chi connectivity index (χ4v) is 4.97. The van der Waals surface area contributed by atoms with Crippen molar-refractivity contribution in [3.05, 3.63) is 30.0 Å². The molecule has 2 aliphatic carbocycles. The Morgan fingerprint density at radius 3 is 2.68 bits per heavy atom. The van der Waals surface area contributed by atoms with E-state index in [1.165, 1.54) is 32.1 Å². The summed E-state index contributed by atoms with van der Waals surface area (Å²) in [5.74, 6) is 1.44. The lowest BCUT2D eigenvalue weighted by atomic mass is 9.90. The first-order valence-electron chi connectivity index (χ1n) is 11.8. The zero-order valence-electron chi connectivity index (χ0n) is 18.6. The van der Waals surface area contributed by atoms with E-state index in [-0.39, 0.29) is 24.7 Å². The van der Waals surface area contributed by atoms with Crippen molar-refractivity contribution in [1.82, 2.24) is 10.3 Å². The average Bonchev–Trinajstić information content (AvgIpc) is 2.75. The molecule has 1 aromatic heterocycles. The first-order valence-corrected chi connectivity index (χ1v) is 11.8. The molecule has 2 aliphatic rings. The maximum absolute atomic E-state index is 12.2. The van der Waals surface area contributed by atoms with Crippen LogP contribution in [0.2, 0.25) is 0 Å². The number of aromatic nitrogens is 1. The SMILES string of the molecule is Cc1cc(N)c2c(O[C@H]3CC[C@H](NC(=O)COCC4CCCCC4)CC3)cccc2n1. The van der Waals surface area contributed by atoms with Crippen LogP contribution in [0.3, 0.4) is 0 Å². The molecule has 0 atom stereocenters. The maximum Gasteiger partial charge on any atom is 0.246 e. The number of aryl methyl sites for hydroxylation is 1. The normalized spacial score (nSPS) is 22.4. The van der Waals surface area contributed by atoms with Crippen LogP contribution in [0.4, 0.5) is 5.69 Å². The Kier molecular flexibility index (Phi) is 7.28. The van der Waals surface area contributed by atoms with E-state index >= 15 is 0 Å². The lowest BCUT2D eigenvalue weighted by Crippen LogP contribution is -2.41. The third-order valence-electron chi connectivity index (χ3n) is 6.60. The summed E-state index contributed by atoms with van der Waals surface area (Å²) in [6.45, 7) is 2.84. The zero-order valence-corrected chi connectivity index (χ0v) is 18.6. The number of amides is 1. The highest BCUT2D eigenvalue weighted by molar-refractivity contribution is 5.95. The molecule has 6 heteroatoms. The molecule has 2 fully saturated rings. The van der Waals surface area contributed by atoms with Gasteiger partial charge in [0.2, 0.25) is 5.91 Å². The molecule has 1 amide bonds. The topological polar surface area (TPSA) is 86.5 Å². The van der Waals surface area contributed by atoms with Crippen LogP contribution in [0.15, 0.2) is 24.3 Å². The first-order chi connectivity index (χ1) is 15.1. The van der Waals surface area contributed by atoms with E-state index in [9.17, 15) is 4.79 Å². The molecule has 0 spiro atoms. The summed E-state index contributed by atoms with van der Waals surface area (Å²) in [5, 5.41) is 4.02. The van der Waals surface area contributed by atoms with E-state index in [0.29, 0.717) is 11.6 Å². The minimum Gasteiger partial charge on any atom is -0.490 e. The summed E-state index contributed by atoms with van der Waals surface area (Å²) in [7, 11) is 0. The van der Waals surface area contributed by atoms with Crippen LogP contribution in [-0.4, -0.2) is 36.3 Å². The van der Waals surface area contributed by atoms with Crippen LogP contribution in [0, 0.1) is 12.8 Å². The summed E-state index contributed by atoms with van der Waals surface area (Å²) >= 11 is 0. The lowest BCUT2D eigenvalue weighted by Gasteiger charge is -2.30. The minimum atomic E-state index is 0.00319. The maximum atomic E-state index is 12.2. The molecule has 4 rings (SSSR count). The lowest BCUT2D eigenvalue weighted by molar-refractivity contribution is -0.127. The van der Waals surface area contributed by atoms with Gasteiger partial charge in [-0.1, -0.05) is 25.3 Å². The Labute approximate surface area is 184 Å². The molecule has 0 bridgehead atoms. The molecule has 168 valence electrons. The van der Waals surface area contributed by atoms with Crippen LogP contribution >= 0.6 is 0 Å². The minimum absolute atomic E-state index is 0.00319. The molecule has 2 aromatic rings. The number of carbonyl (C=O) groups excluding carboxylic acids is 1. The number of nitrogens with zero attached hydrogens (tertiary/aromatic N) is 1. The second kappa shape index (κ2) is 10.3. The first kappa shape index (κ1) is 21.9. The molecule has 1 heterocycles. The van der Waals surface area contributed by atoms with Crippen LogP contribution in [0.5, 0.6) is 5.75 Å². The van der Waals surface area contributed by atoms with Crippen LogP contribution in [0.1, 0.15) is 63.5 Å². The van der Waals surface area contributed by atoms with Crippen molar-refractivity contribution in [3.63, 3.8) is 0 Å². The third-order valence-corrected chi connectivity index (χ3v) is 6.60. The van der Waals surface area contributed by atoms with Crippen molar-refractivity contribution in [1.29, 1.82) is 0 Å². The van der Waals surface area contributed by atoms with Gasteiger partial charge < -0.3 is 20.5 Å². The Morgan fingerprint density at radius 1 is 1.13 bits per heavy atom. The van der Waals surface area contributed by atoms with Crippen LogP contribution < -0.4 is 15.8 Å². The van der Waals surface area contributed by atoms with Gasteiger partial charge in [0.05, 0.1) is 23.6 Å². The van der Waals surface area contributed by atoms with Gasteiger partial charge in [0.1, 0.15) is 12.4 Å². The quantitative estimate of drug-likeness (QED) is 0.681. The van der Waals surface area contributed by atoms with E-state index in [1.54, 1.807) is 0 Å². The molecule has 0 radical (unpaired) electrons. The predicted molar refractivity (Wildman–Crippen MR) is 123 cm³/mol. The number of carbonyl (C=O) groups is 1. The zero-order chi connectivity index (χ0) is 21.6. The number of pyridine rings is 1. The molecule has 0 unspecified atom stereocenters. The number of rotatable bonds is 7. The molecule has 3 N–H and O–H groups in total. The smallest absolute Gasteiger partial charge is 0.246 e. The van der Waals surface area contributed by atoms with Gasteiger partial charge in [-0.2, -0.15) is 0 Å². The average molecular weight is 426 g/mol. The van der Waals surface area contributed by atoms with Gasteiger partial charge in [-0.05, 0) is 69.6 Å². The van der Waals surface area contributed by atoms with Crippen molar-refractivity contribution in [2.45, 2.75) is 76.9 Å². The largest absolute Gasteiger partial charge is 0.490 e. The molecule has 0 saturated heterocycles. The van der Waals surface area contributed by atoms with Gasteiger partial charge in [-0.25, -0.2) is 0 Å². The van der Waals surface area contributed by atoms with Gasteiger partial charge in [0.25, 0.3) is 0 Å². The van der Waals surface area contributed by atoms with E-state index in [4.69, 9.17) is 15.2 Å². The molecule has 6 nitrogen and oxygen atoms in total. The molecule has 1 aromatic carbocycles. The Morgan fingerprint density at radius 2 is 1.90 bits per heavy atom. The van der Waals surface area contributed by atoms with Crippen molar-refractivity contribution >= 4 is 22.5 Å². The summed E-state index contributed by atoms with van der Waals surface area (Å²) in [6, 6.07) is 7.98. The molecular formula is C25H35N3O3. The van der Waals surface area contributed by atoms with E-state index in [2.05, 4.69) is 10.3 Å². The third kappa shape index (κ3) is 5.88. The number of ether oxygens (including phenoxy) is 2. The van der Waals surface area contributed by atoms with Crippen molar-refractivity contribution in [2.24, 2.45) is 5.92 Å². The van der Waals surface area contributed by atoms with Gasteiger partial charge in [0.15, 0.2) is 0 Å². The van der Waals surface area contributed by atoms with Crippen molar-refractivity contribution < 1.29 is 14.3 Å². The van der Waals surface area contributed by atoms with Crippen molar-refractivity contribution in [2.75, 3.05) is 18.9 Å². The monoisotopic (exact) mass is 425 g/mol. The number of hydrogen-bond donors (Lipinski definition) is 2. The number of fused-ring (bicyclic) bond motifs is 1. The Hall–Kier alpha value is -2.34.